The third-order valence-electron chi connectivity index (χ3n) is 3.02. The standard InChI is InChI=1S/C15H17NO4.ClH/c1-4-20-15(17)11-8-10-9(7-12(11)16)5-6-13(18-2)14(10)19-3;/h5-8H,4,16H2,1-3H3;1H. The van der Waals surface area contributed by atoms with Crippen LogP contribution in [0.4, 0.5) is 5.69 Å². The Hall–Kier alpha value is -2.14. The minimum atomic E-state index is -0.447. The van der Waals surface area contributed by atoms with Gasteiger partial charge in [0, 0.05) is 11.1 Å². The van der Waals surface area contributed by atoms with E-state index in [0.29, 0.717) is 29.4 Å². The molecule has 21 heavy (non-hydrogen) atoms. The van der Waals surface area contributed by atoms with Gasteiger partial charge >= 0.3 is 5.97 Å². The number of esters is 1. The van der Waals surface area contributed by atoms with Gasteiger partial charge in [0.25, 0.3) is 0 Å². The van der Waals surface area contributed by atoms with Crippen LogP contribution in [0, 0.1) is 0 Å². The van der Waals surface area contributed by atoms with Crippen molar-refractivity contribution in [1.29, 1.82) is 0 Å². The molecule has 114 valence electrons. The fourth-order valence-corrected chi connectivity index (χ4v) is 2.10. The van der Waals surface area contributed by atoms with Crippen molar-refractivity contribution in [3.8, 4) is 11.5 Å². The fourth-order valence-electron chi connectivity index (χ4n) is 2.10. The summed E-state index contributed by atoms with van der Waals surface area (Å²) in [4.78, 5) is 11.9. The number of benzene rings is 2. The van der Waals surface area contributed by atoms with Crippen LogP contribution in [0.25, 0.3) is 10.8 Å². The molecule has 0 saturated heterocycles. The number of hydrogen-bond acceptors (Lipinski definition) is 5. The summed E-state index contributed by atoms with van der Waals surface area (Å²) in [6.45, 7) is 2.05. The summed E-state index contributed by atoms with van der Waals surface area (Å²) in [5.41, 5.74) is 6.61. The Morgan fingerprint density at radius 3 is 2.48 bits per heavy atom. The van der Waals surface area contributed by atoms with E-state index in [0.717, 1.165) is 10.8 Å². The van der Waals surface area contributed by atoms with Gasteiger partial charge in [0.05, 0.1) is 26.4 Å². The molecule has 2 aromatic carbocycles. The fraction of sp³-hybridized carbons (Fsp3) is 0.267. The van der Waals surface area contributed by atoms with Crippen molar-refractivity contribution in [2.24, 2.45) is 0 Å². The van der Waals surface area contributed by atoms with Gasteiger partial charge in [0.1, 0.15) is 0 Å². The van der Waals surface area contributed by atoms with Crippen molar-refractivity contribution in [1.82, 2.24) is 0 Å². The van der Waals surface area contributed by atoms with E-state index >= 15 is 0 Å². The Balaban J connectivity index is 0.00000220. The topological polar surface area (TPSA) is 70.8 Å². The number of nitrogen functional groups attached to an aromatic ring is 1. The molecule has 0 aliphatic heterocycles. The summed E-state index contributed by atoms with van der Waals surface area (Å²) in [6, 6.07) is 7.06. The van der Waals surface area contributed by atoms with Gasteiger partial charge in [0.2, 0.25) is 0 Å². The first-order valence-electron chi connectivity index (χ1n) is 6.23. The van der Waals surface area contributed by atoms with Crippen molar-refractivity contribution < 1.29 is 19.0 Å². The first kappa shape index (κ1) is 16.9. The lowest BCUT2D eigenvalue weighted by molar-refractivity contribution is 0.0528. The molecule has 0 saturated carbocycles. The van der Waals surface area contributed by atoms with Crippen LogP contribution in [0.2, 0.25) is 0 Å². The lowest BCUT2D eigenvalue weighted by Crippen LogP contribution is -2.08. The van der Waals surface area contributed by atoms with E-state index in [9.17, 15) is 4.79 Å². The van der Waals surface area contributed by atoms with Gasteiger partial charge in [0.15, 0.2) is 11.5 Å². The summed E-state index contributed by atoms with van der Waals surface area (Å²) < 4.78 is 15.6. The third kappa shape index (κ3) is 3.13. The summed E-state index contributed by atoms with van der Waals surface area (Å²) in [6.07, 6.45) is 0. The number of carbonyl (C=O) groups is 1. The van der Waals surface area contributed by atoms with Crippen molar-refractivity contribution in [2.45, 2.75) is 6.92 Å². The second kappa shape index (κ2) is 7.04. The van der Waals surface area contributed by atoms with Gasteiger partial charge in [-0.25, -0.2) is 4.79 Å². The number of ether oxygens (including phenoxy) is 3. The van der Waals surface area contributed by atoms with E-state index in [1.54, 1.807) is 39.3 Å². The zero-order valence-electron chi connectivity index (χ0n) is 12.1. The predicted octanol–water partition coefficient (Wildman–Crippen LogP) is 3.04. The molecule has 0 fully saturated rings. The maximum absolute atomic E-state index is 11.9. The minimum Gasteiger partial charge on any atom is -0.493 e. The molecule has 0 aromatic heterocycles. The van der Waals surface area contributed by atoms with E-state index in [-0.39, 0.29) is 12.4 Å². The smallest absolute Gasteiger partial charge is 0.340 e. The first-order valence-corrected chi connectivity index (χ1v) is 6.23. The van der Waals surface area contributed by atoms with Gasteiger partial charge in [-0.1, -0.05) is 6.07 Å². The molecule has 2 aromatic rings. The van der Waals surface area contributed by atoms with Crippen molar-refractivity contribution >= 4 is 34.8 Å². The van der Waals surface area contributed by atoms with Crippen molar-refractivity contribution in [3.05, 3.63) is 29.8 Å². The highest BCUT2D eigenvalue weighted by Crippen LogP contribution is 2.37. The van der Waals surface area contributed by atoms with Gasteiger partial charge < -0.3 is 19.9 Å². The zero-order valence-corrected chi connectivity index (χ0v) is 13.0. The van der Waals surface area contributed by atoms with E-state index in [2.05, 4.69) is 0 Å². The van der Waals surface area contributed by atoms with E-state index < -0.39 is 5.97 Å². The molecule has 6 heteroatoms. The van der Waals surface area contributed by atoms with Crippen LogP contribution in [-0.4, -0.2) is 26.8 Å². The van der Waals surface area contributed by atoms with E-state index in [1.807, 2.05) is 6.07 Å². The number of fused-ring (bicyclic) bond motifs is 1. The lowest BCUT2D eigenvalue weighted by Gasteiger charge is -2.13. The molecule has 0 radical (unpaired) electrons. The first-order chi connectivity index (χ1) is 9.62. The Morgan fingerprint density at radius 2 is 1.90 bits per heavy atom. The second-order valence-electron chi connectivity index (χ2n) is 4.18. The molecule has 0 aliphatic rings. The number of methoxy groups -OCH3 is 2. The van der Waals surface area contributed by atoms with E-state index in [4.69, 9.17) is 19.9 Å². The van der Waals surface area contributed by atoms with Crippen LogP contribution in [0.15, 0.2) is 24.3 Å². The average molecular weight is 312 g/mol. The lowest BCUT2D eigenvalue weighted by atomic mass is 10.0. The quantitative estimate of drug-likeness (QED) is 0.694. The molecule has 0 aliphatic carbocycles. The third-order valence-corrected chi connectivity index (χ3v) is 3.02. The number of anilines is 1. The number of rotatable bonds is 4. The van der Waals surface area contributed by atoms with Crippen LogP contribution in [-0.2, 0) is 4.74 Å². The van der Waals surface area contributed by atoms with Crippen LogP contribution in [0.3, 0.4) is 0 Å². The normalized spacial score (nSPS) is 9.86. The molecule has 0 atom stereocenters. The maximum Gasteiger partial charge on any atom is 0.340 e. The van der Waals surface area contributed by atoms with Crippen LogP contribution >= 0.6 is 12.4 Å². The summed E-state index contributed by atoms with van der Waals surface area (Å²) in [5, 5.41) is 1.62. The number of carbonyl (C=O) groups excluding carboxylic acids is 1. The average Bonchev–Trinajstić information content (AvgIpc) is 2.45. The monoisotopic (exact) mass is 311 g/mol. The SMILES string of the molecule is CCOC(=O)c1cc2c(OC)c(OC)ccc2cc1N.Cl. The molecular formula is C15H18ClNO4. The van der Waals surface area contributed by atoms with Crippen LogP contribution in [0.1, 0.15) is 17.3 Å². The summed E-state index contributed by atoms with van der Waals surface area (Å²) >= 11 is 0. The number of hydrogen-bond donors (Lipinski definition) is 1. The highest BCUT2D eigenvalue weighted by atomic mass is 35.5. The van der Waals surface area contributed by atoms with Gasteiger partial charge in [-0.2, -0.15) is 0 Å². The molecule has 0 unspecified atom stereocenters. The minimum absolute atomic E-state index is 0. The molecule has 0 spiro atoms. The summed E-state index contributed by atoms with van der Waals surface area (Å²) in [5.74, 6) is 0.715. The van der Waals surface area contributed by atoms with Gasteiger partial charge in [-0.05, 0) is 30.5 Å². The largest absolute Gasteiger partial charge is 0.493 e. The molecular weight excluding hydrogens is 294 g/mol. The predicted molar refractivity (Wildman–Crippen MR) is 84.7 cm³/mol. The van der Waals surface area contributed by atoms with Crippen molar-refractivity contribution in [2.75, 3.05) is 26.6 Å². The zero-order chi connectivity index (χ0) is 14.7. The van der Waals surface area contributed by atoms with Gasteiger partial charge in [-0.3, -0.25) is 0 Å². The van der Waals surface area contributed by atoms with Gasteiger partial charge in [-0.15, -0.1) is 12.4 Å². The highest BCUT2D eigenvalue weighted by molar-refractivity contribution is 6.03. The molecule has 0 amide bonds. The summed E-state index contributed by atoms with van der Waals surface area (Å²) in [7, 11) is 3.12. The molecule has 2 rings (SSSR count). The Labute approximate surface area is 129 Å². The molecule has 0 heterocycles. The Bertz CT molecular complexity index is 658. The van der Waals surface area contributed by atoms with Crippen LogP contribution in [0.5, 0.6) is 11.5 Å². The maximum atomic E-state index is 11.9. The molecule has 5 nitrogen and oxygen atoms in total. The number of halogens is 1. The second-order valence-corrected chi connectivity index (χ2v) is 4.18. The molecule has 0 bridgehead atoms. The highest BCUT2D eigenvalue weighted by Gasteiger charge is 2.16. The van der Waals surface area contributed by atoms with Crippen molar-refractivity contribution in [3.63, 3.8) is 0 Å². The molecule has 2 N–H and O–H groups in total. The van der Waals surface area contributed by atoms with Crippen LogP contribution < -0.4 is 15.2 Å². The van der Waals surface area contributed by atoms with E-state index in [1.165, 1.54) is 0 Å². The number of nitrogens with two attached hydrogens (primary N) is 1. The Morgan fingerprint density at radius 1 is 1.19 bits per heavy atom. The Kier molecular flexibility index (Phi) is 5.67.